The predicted molar refractivity (Wildman–Crippen MR) is 124 cm³/mol. The highest BCUT2D eigenvalue weighted by molar-refractivity contribution is 5.94. The number of benzene rings is 1. The average Bonchev–Trinajstić information content (AvgIpc) is 3.27. The second kappa shape index (κ2) is 12.8. The van der Waals surface area contributed by atoms with Crippen LogP contribution < -0.4 is 16.4 Å². The summed E-state index contributed by atoms with van der Waals surface area (Å²) >= 11 is 0. The largest absolute Gasteiger partial charge is 0.481 e. The zero-order valence-corrected chi connectivity index (χ0v) is 19.6. The normalized spacial score (nSPS) is 18.1. The topological polar surface area (TPSA) is 159 Å². The van der Waals surface area contributed by atoms with Gasteiger partial charge in [0.25, 0.3) is 0 Å². The van der Waals surface area contributed by atoms with E-state index in [0.29, 0.717) is 38.5 Å². The van der Waals surface area contributed by atoms with Crippen LogP contribution in [0, 0.1) is 5.92 Å². The third-order valence-corrected chi connectivity index (χ3v) is 5.68. The Kier molecular flexibility index (Phi) is 10.2. The van der Waals surface area contributed by atoms with E-state index in [2.05, 4.69) is 10.6 Å². The van der Waals surface area contributed by atoms with E-state index < -0.39 is 54.3 Å². The van der Waals surface area contributed by atoms with Crippen molar-refractivity contribution >= 4 is 30.0 Å². The number of aldehydes is 1. The van der Waals surface area contributed by atoms with E-state index in [1.54, 1.807) is 0 Å². The van der Waals surface area contributed by atoms with Gasteiger partial charge >= 0.3 is 5.97 Å². The standard InChI is InChI=1S/C24H34N4O6/c1-15(2)11-19(27-22(32)18(25)13-21(30)31)24(34)28-10-6-9-20(28)23(33)26-17(14-29)12-16-7-4-3-5-8-16/h3-5,7-8,14-15,17-20H,6,9-13,25H2,1-2H3,(H,26,33)(H,27,32)(H,30,31)/t17-,18-,19-,20-/m0/s1. The Morgan fingerprint density at radius 2 is 1.85 bits per heavy atom. The third-order valence-electron chi connectivity index (χ3n) is 5.68. The molecule has 1 fully saturated rings. The summed E-state index contributed by atoms with van der Waals surface area (Å²) in [6.07, 6.45) is 1.81. The maximum atomic E-state index is 13.3. The minimum Gasteiger partial charge on any atom is -0.481 e. The summed E-state index contributed by atoms with van der Waals surface area (Å²) in [7, 11) is 0. The maximum absolute atomic E-state index is 13.3. The first-order valence-electron chi connectivity index (χ1n) is 11.5. The molecule has 10 heteroatoms. The van der Waals surface area contributed by atoms with Gasteiger partial charge in [0.2, 0.25) is 17.7 Å². The van der Waals surface area contributed by atoms with Crippen LogP contribution in [0.15, 0.2) is 30.3 Å². The number of hydrogen-bond donors (Lipinski definition) is 4. The summed E-state index contributed by atoms with van der Waals surface area (Å²) in [4.78, 5) is 62.5. The molecule has 2 rings (SSSR count). The van der Waals surface area contributed by atoms with E-state index in [9.17, 15) is 24.0 Å². The molecule has 0 unspecified atom stereocenters. The Bertz CT molecular complexity index is 875. The minimum atomic E-state index is -1.29. The van der Waals surface area contributed by atoms with Gasteiger partial charge in [0.15, 0.2) is 0 Å². The number of carboxylic acids is 1. The number of nitrogens with one attached hydrogen (secondary N) is 2. The molecular weight excluding hydrogens is 440 g/mol. The quantitative estimate of drug-likeness (QED) is 0.316. The average molecular weight is 475 g/mol. The van der Waals surface area contributed by atoms with Crippen LogP contribution in [-0.2, 0) is 30.4 Å². The molecule has 1 aromatic carbocycles. The Labute approximate surface area is 199 Å². The van der Waals surface area contributed by atoms with Crippen LogP contribution >= 0.6 is 0 Å². The van der Waals surface area contributed by atoms with E-state index >= 15 is 0 Å². The Morgan fingerprint density at radius 3 is 2.44 bits per heavy atom. The second-order valence-corrected chi connectivity index (χ2v) is 9.03. The molecule has 1 heterocycles. The Morgan fingerprint density at radius 1 is 1.18 bits per heavy atom. The number of nitrogens with two attached hydrogens (primary N) is 1. The van der Waals surface area contributed by atoms with Gasteiger partial charge in [-0.1, -0.05) is 44.2 Å². The molecule has 10 nitrogen and oxygen atoms in total. The molecule has 1 aliphatic rings. The molecule has 4 atom stereocenters. The zero-order valence-electron chi connectivity index (χ0n) is 19.6. The van der Waals surface area contributed by atoms with Crippen LogP contribution in [0.4, 0.5) is 0 Å². The van der Waals surface area contributed by atoms with Crippen LogP contribution in [0.2, 0.25) is 0 Å². The number of carbonyl (C=O) groups is 5. The molecule has 5 N–H and O–H groups in total. The van der Waals surface area contributed by atoms with Crippen molar-refractivity contribution in [1.82, 2.24) is 15.5 Å². The maximum Gasteiger partial charge on any atom is 0.305 e. The van der Waals surface area contributed by atoms with Crippen molar-refractivity contribution in [3.63, 3.8) is 0 Å². The third kappa shape index (κ3) is 7.95. The van der Waals surface area contributed by atoms with Crippen molar-refractivity contribution in [2.45, 2.75) is 70.1 Å². The number of likely N-dealkylation sites (tertiary alicyclic amines) is 1. The first kappa shape index (κ1) is 27.0. The molecule has 0 aliphatic carbocycles. The van der Waals surface area contributed by atoms with Gasteiger partial charge in [0.05, 0.1) is 18.5 Å². The van der Waals surface area contributed by atoms with Gasteiger partial charge in [-0.15, -0.1) is 0 Å². The molecule has 0 bridgehead atoms. The first-order chi connectivity index (χ1) is 16.1. The molecule has 1 saturated heterocycles. The van der Waals surface area contributed by atoms with Gasteiger partial charge in [-0.2, -0.15) is 0 Å². The summed E-state index contributed by atoms with van der Waals surface area (Å²) in [6.45, 7) is 4.11. The first-order valence-corrected chi connectivity index (χ1v) is 11.5. The number of carbonyl (C=O) groups excluding carboxylic acids is 4. The van der Waals surface area contributed by atoms with Gasteiger partial charge in [-0.3, -0.25) is 19.2 Å². The lowest BCUT2D eigenvalue weighted by atomic mass is 10.0. The summed E-state index contributed by atoms with van der Waals surface area (Å²) in [5, 5.41) is 14.2. The number of hydrogen-bond acceptors (Lipinski definition) is 6. The fourth-order valence-corrected chi connectivity index (χ4v) is 4.04. The molecule has 0 radical (unpaired) electrons. The van der Waals surface area contributed by atoms with Crippen molar-refractivity contribution in [3.05, 3.63) is 35.9 Å². The lowest BCUT2D eigenvalue weighted by molar-refractivity contribution is -0.143. The van der Waals surface area contributed by atoms with Gasteiger partial charge in [-0.05, 0) is 37.2 Å². The summed E-state index contributed by atoms with van der Waals surface area (Å²) in [5.41, 5.74) is 6.54. The SMILES string of the molecule is CC(C)C[C@H](NC(=O)[C@@H](N)CC(=O)O)C(=O)N1CCC[C@H]1C(=O)N[C@H](C=O)Cc1ccccc1. The number of carboxylic acid groups (broad SMARTS) is 1. The molecular formula is C24H34N4O6. The van der Waals surface area contributed by atoms with Crippen LogP contribution in [-0.4, -0.2) is 70.7 Å². The van der Waals surface area contributed by atoms with Crippen molar-refractivity contribution in [2.75, 3.05) is 6.54 Å². The highest BCUT2D eigenvalue weighted by Crippen LogP contribution is 2.21. The monoisotopic (exact) mass is 474 g/mol. The smallest absolute Gasteiger partial charge is 0.305 e. The van der Waals surface area contributed by atoms with E-state index in [1.807, 2.05) is 44.2 Å². The molecule has 1 aliphatic heterocycles. The van der Waals surface area contributed by atoms with Crippen LogP contribution in [0.5, 0.6) is 0 Å². The van der Waals surface area contributed by atoms with Crippen LogP contribution in [0.1, 0.15) is 45.1 Å². The second-order valence-electron chi connectivity index (χ2n) is 9.03. The zero-order chi connectivity index (χ0) is 25.3. The summed E-state index contributed by atoms with van der Waals surface area (Å²) in [6, 6.07) is 5.57. The van der Waals surface area contributed by atoms with Crippen molar-refractivity contribution in [2.24, 2.45) is 11.7 Å². The van der Waals surface area contributed by atoms with Gasteiger partial charge in [-0.25, -0.2) is 0 Å². The Hall–Kier alpha value is -3.27. The molecule has 0 spiro atoms. The van der Waals surface area contributed by atoms with Crippen LogP contribution in [0.25, 0.3) is 0 Å². The van der Waals surface area contributed by atoms with Crippen LogP contribution in [0.3, 0.4) is 0 Å². The fraction of sp³-hybridized carbons (Fsp3) is 0.542. The number of amides is 3. The lowest BCUT2D eigenvalue weighted by Crippen LogP contribution is -2.56. The highest BCUT2D eigenvalue weighted by atomic mass is 16.4. The highest BCUT2D eigenvalue weighted by Gasteiger charge is 2.38. The van der Waals surface area contributed by atoms with Gasteiger partial charge in [0, 0.05) is 6.54 Å². The molecule has 186 valence electrons. The summed E-state index contributed by atoms with van der Waals surface area (Å²) in [5.74, 6) is -2.74. The van der Waals surface area contributed by atoms with Gasteiger partial charge in [0.1, 0.15) is 18.4 Å². The lowest BCUT2D eigenvalue weighted by Gasteiger charge is -2.30. The summed E-state index contributed by atoms with van der Waals surface area (Å²) < 4.78 is 0. The van der Waals surface area contributed by atoms with E-state index in [-0.39, 0.29) is 5.92 Å². The molecule has 3 amide bonds. The Balaban J connectivity index is 2.08. The minimum absolute atomic E-state index is 0.0464. The molecule has 0 aromatic heterocycles. The van der Waals surface area contributed by atoms with E-state index in [0.717, 1.165) is 5.56 Å². The molecule has 34 heavy (non-hydrogen) atoms. The number of rotatable bonds is 12. The fourth-order valence-electron chi connectivity index (χ4n) is 4.04. The van der Waals surface area contributed by atoms with Gasteiger partial charge < -0.3 is 31.2 Å². The van der Waals surface area contributed by atoms with E-state index in [1.165, 1.54) is 4.90 Å². The molecule has 0 saturated carbocycles. The van der Waals surface area contributed by atoms with Crippen molar-refractivity contribution < 1.29 is 29.1 Å². The predicted octanol–water partition coefficient (Wildman–Crippen LogP) is 0.237. The molecule has 1 aromatic rings. The van der Waals surface area contributed by atoms with Crippen molar-refractivity contribution in [1.29, 1.82) is 0 Å². The van der Waals surface area contributed by atoms with Crippen molar-refractivity contribution in [3.8, 4) is 0 Å². The number of nitrogens with zero attached hydrogens (tertiary/aromatic N) is 1. The number of aliphatic carboxylic acids is 1. The van der Waals surface area contributed by atoms with E-state index in [4.69, 9.17) is 10.8 Å².